The van der Waals surface area contributed by atoms with Crippen molar-refractivity contribution in [2.45, 2.75) is 25.7 Å². The first-order valence-corrected chi connectivity index (χ1v) is 6.64. The summed E-state index contributed by atoms with van der Waals surface area (Å²) in [5.41, 5.74) is 3.52. The van der Waals surface area contributed by atoms with Crippen molar-refractivity contribution in [1.29, 1.82) is 0 Å². The molecule has 20 heavy (non-hydrogen) atoms. The summed E-state index contributed by atoms with van der Waals surface area (Å²) in [5.74, 6) is -0.496. The summed E-state index contributed by atoms with van der Waals surface area (Å²) in [5, 5.41) is 7.02. The molecule has 1 atom stereocenters. The molecular weight excluding hydrogens is 257 g/mol. The van der Waals surface area contributed by atoms with Crippen molar-refractivity contribution in [1.82, 2.24) is 9.78 Å². The normalized spacial score (nSPS) is 17.1. The molecule has 3 rings (SSSR count). The number of rotatable bonds is 2. The highest BCUT2D eigenvalue weighted by atomic mass is 19.1. The van der Waals surface area contributed by atoms with E-state index in [0.717, 1.165) is 35.3 Å². The van der Waals surface area contributed by atoms with Crippen molar-refractivity contribution < 1.29 is 9.18 Å². The van der Waals surface area contributed by atoms with Crippen LogP contribution < -0.4 is 5.32 Å². The van der Waals surface area contributed by atoms with E-state index in [1.54, 1.807) is 16.9 Å². The molecule has 1 aromatic heterocycles. The first kappa shape index (κ1) is 12.8. The largest absolute Gasteiger partial charge is 0.323 e. The van der Waals surface area contributed by atoms with Gasteiger partial charge in [-0.15, -0.1) is 0 Å². The molecule has 1 unspecified atom stereocenters. The molecule has 0 saturated carbocycles. The zero-order chi connectivity index (χ0) is 14.3. The fraction of sp³-hybridized carbons (Fsp3) is 0.333. The van der Waals surface area contributed by atoms with Crippen molar-refractivity contribution in [3.63, 3.8) is 0 Å². The summed E-state index contributed by atoms with van der Waals surface area (Å²) in [4.78, 5) is 12.4. The number of nitrogens with zero attached hydrogens (tertiary/aromatic N) is 2. The van der Waals surface area contributed by atoms with Crippen LogP contribution in [-0.4, -0.2) is 15.7 Å². The number of carbonyl (C=O) groups is 1. The molecule has 1 aliphatic rings. The van der Waals surface area contributed by atoms with Crippen LogP contribution in [0.3, 0.4) is 0 Å². The van der Waals surface area contributed by atoms with Crippen molar-refractivity contribution in [3.8, 4) is 0 Å². The van der Waals surface area contributed by atoms with Crippen LogP contribution in [0.2, 0.25) is 0 Å². The lowest BCUT2D eigenvalue weighted by Crippen LogP contribution is -2.19. The van der Waals surface area contributed by atoms with E-state index in [2.05, 4.69) is 10.4 Å². The summed E-state index contributed by atoms with van der Waals surface area (Å²) in [6.45, 7) is 1.90. The van der Waals surface area contributed by atoms with Gasteiger partial charge in [-0.25, -0.2) is 4.39 Å². The molecule has 1 aliphatic carbocycles. The minimum Gasteiger partial charge on any atom is -0.323 e. The Labute approximate surface area is 116 Å². The van der Waals surface area contributed by atoms with Gasteiger partial charge in [0.25, 0.3) is 0 Å². The van der Waals surface area contributed by atoms with E-state index in [4.69, 9.17) is 0 Å². The summed E-state index contributed by atoms with van der Waals surface area (Å²) < 4.78 is 14.9. The maximum Gasteiger partial charge on any atom is 0.232 e. The number of fused-ring (bicyclic) bond motifs is 1. The van der Waals surface area contributed by atoms with Crippen molar-refractivity contribution in [3.05, 3.63) is 47.0 Å². The average molecular weight is 273 g/mol. The lowest BCUT2D eigenvalue weighted by molar-refractivity contribution is -0.117. The van der Waals surface area contributed by atoms with Crippen molar-refractivity contribution in [2.24, 2.45) is 7.05 Å². The number of amides is 1. The molecule has 2 aromatic rings. The number of hydrogen-bond acceptors (Lipinski definition) is 2. The molecule has 0 fully saturated rings. The molecule has 0 aliphatic heterocycles. The van der Waals surface area contributed by atoms with Crippen molar-refractivity contribution in [2.75, 3.05) is 5.32 Å². The molecule has 5 heteroatoms. The molecule has 1 heterocycles. The number of hydrogen-bond donors (Lipinski definition) is 1. The minimum atomic E-state index is -0.243. The van der Waals surface area contributed by atoms with E-state index in [9.17, 15) is 9.18 Å². The summed E-state index contributed by atoms with van der Waals surface area (Å²) in [6.07, 6.45) is 3.12. The molecule has 0 spiro atoms. The third kappa shape index (κ3) is 2.09. The van der Waals surface area contributed by atoms with Gasteiger partial charge in [0.15, 0.2) is 0 Å². The third-order valence-electron chi connectivity index (χ3n) is 3.99. The number of carbonyl (C=O) groups excluding carboxylic acids is 1. The Morgan fingerprint density at radius 2 is 2.30 bits per heavy atom. The van der Waals surface area contributed by atoms with Gasteiger partial charge in [0.1, 0.15) is 5.82 Å². The molecule has 1 aromatic carbocycles. The number of aromatic nitrogens is 2. The third-order valence-corrected chi connectivity index (χ3v) is 3.99. The fourth-order valence-corrected chi connectivity index (χ4v) is 2.70. The maximum atomic E-state index is 13.2. The molecule has 1 N–H and O–H groups in total. The summed E-state index contributed by atoms with van der Waals surface area (Å²) in [7, 11) is 1.83. The first-order chi connectivity index (χ1) is 9.56. The van der Waals surface area contributed by atoms with Gasteiger partial charge in [0, 0.05) is 7.05 Å². The standard InChI is InChI=1S/C15H16FN3O/c1-9-14(8-17-19(9)2)18-15(20)13-5-3-10-7-11(16)4-6-12(10)13/h4,6-8,13H,3,5H2,1-2H3,(H,18,20). The topological polar surface area (TPSA) is 46.9 Å². The Kier molecular flexibility index (Phi) is 3.04. The van der Waals surface area contributed by atoms with Gasteiger partial charge in [-0.05, 0) is 43.0 Å². The molecule has 0 bridgehead atoms. The monoisotopic (exact) mass is 273 g/mol. The highest BCUT2D eigenvalue weighted by Gasteiger charge is 2.29. The average Bonchev–Trinajstić information content (AvgIpc) is 2.96. The lowest BCUT2D eigenvalue weighted by Gasteiger charge is -2.12. The second-order valence-electron chi connectivity index (χ2n) is 5.19. The molecule has 1 amide bonds. The lowest BCUT2D eigenvalue weighted by atomic mass is 10.0. The zero-order valence-corrected chi connectivity index (χ0v) is 11.5. The smallest absolute Gasteiger partial charge is 0.232 e. The van der Waals surface area contributed by atoms with Crippen LogP contribution in [0.4, 0.5) is 10.1 Å². The Morgan fingerprint density at radius 3 is 3.00 bits per heavy atom. The van der Waals surface area contributed by atoms with Gasteiger partial charge < -0.3 is 5.32 Å². The number of aryl methyl sites for hydroxylation is 2. The van der Waals surface area contributed by atoms with Gasteiger partial charge in [0.05, 0.1) is 23.5 Å². The first-order valence-electron chi connectivity index (χ1n) is 6.64. The Hall–Kier alpha value is -2.17. The number of anilines is 1. The van der Waals surface area contributed by atoms with E-state index >= 15 is 0 Å². The maximum absolute atomic E-state index is 13.2. The minimum absolute atomic E-state index is 0.0496. The quantitative estimate of drug-likeness (QED) is 0.914. The molecule has 4 nitrogen and oxygen atoms in total. The molecule has 0 saturated heterocycles. The number of benzene rings is 1. The van der Waals surface area contributed by atoms with Gasteiger partial charge in [-0.1, -0.05) is 6.07 Å². The van der Waals surface area contributed by atoms with Crippen molar-refractivity contribution >= 4 is 11.6 Å². The van der Waals surface area contributed by atoms with Gasteiger partial charge in [-0.3, -0.25) is 9.48 Å². The van der Waals surface area contributed by atoms with E-state index in [-0.39, 0.29) is 17.6 Å². The highest BCUT2D eigenvalue weighted by Crippen LogP contribution is 2.34. The van der Waals surface area contributed by atoms with Crippen LogP contribution >= 0.6 is 0 Å². The highest BCUT2D eigenvalue weighted by molar-refractivity contribution is 5.96. The van der Waals surface area contributed by atoms with Crippen LogP contribution in [0.5, 0.6) is 0 Å². The van der Waals surface area contributed by atoms with Crippen LogP contribution in [-0.2, 0) is 18.3 Å². The Balaban J connectivity index is 1.82. The number of halogens is 1. The van der Waals surface area contributed by atoms with Crippen LogP contribution in [0.25, 0.3) is 0 Å². The Morgan fingerprint density at radius 1 is 1.50 bits per heavy atom. The second kappa shape index (κ2) is 4.74. The van der Waals surface area contributed by atoms with E-state index in [1.807, 2.05) is 14.0 Å². The molecule has 0 radical (unpaired) electrons. The number of nitrogens with one attached hydrogen (secondary N) is 1. The van der Waals surface area contributed by atoms with Gasteiger partial charge >= 0.3 is 0 Å². The Bertz CT molecular complexity index is 678. The van der Waals surface area contributed by atoms with Gasteiger partial charge in [-0.2, -0.15) is 5.10 Å². The van der Waals surface area contributed by atoms with Crippen LogP contribution in [0.15, 0.2) is 24.4 Å². The van der Waals surface area contributed by atoms with Crippen LogP contribution in [0, 0.1) is 12.7 Å². The molecule has 104 valence electrons. The summed E-state index contributed by atoms with van der Waals surface area (Å²) >= 11 is 0. The van der Waals surface area contributed by atoms with E-state index < -0.39 is 0 Å². The zero-order valence-electron chi connectivity index (χ0n) is 11.5. The summed E-state index contributed by atoms with van der Waals surface area (Å²) in [6, 6.07) is 4.66. The second-order valence-corrected chi connectivity index (χ2v) is 5.19. The molecular formula is C15H16FN3O. The van der Waals surface area contributed by atoms with Crippen LogP contribution in [0.1, 0.15) is 29.2 Å². The van der Waals surface area contributed by atoms with Gasteiger partial charge in [0.2, 0.25) is 5.91 Å². The SMILES string of the molecule is Cc1c(NC(=O)C2CCc3cc(F)ccc32)cnn1C. The fourth-order valence-electron chi connectivity index (χ4n) is 2.70. The predicted molar refractivity (Wildman–Crippen MR) is 74.0 cm³/mol. The van der Waals surface area contributed by atoms with E-state index in [1.165, 1.54) is 12.1 Å². The van der Waals surface area contributed by atoms with E-state index in [0.29, 0.717) is 0 Å². The predicted octanol–water partition coefficient (Wildman–Crippen LogP) is 2.54.